The van der Waals surface area contributed by atoms with Gasteiger partial charge in [0, 0.05) is 43.8 Å². The lowest BCUT2D eigenvalue weighted by atomic mass is 10.3. The van der Waals surface area contributed by atoms with Crippen molar-refractivity contribution in [3.63, 3.8) is 0 Å². The Morgan fingerprint density at radius 2 is 2.07 bits per heavy atom. The summed E-state index contributed by atoms with van der Waals surface area (Å²) in [4.78, 5) is 11.4. The second-order valence-corrected chi connectivity index (χ2v) is 7.71. The molecule has 158 valence electrons. The van der Waals surface area contributed by atoms with Gasteiger partial charge in [0.2, 0.25) is 0 Å². The third kappa shape index (κ3) is 7.29. The molecule has 1 aliphatic rings. The van der Waals surface area contributed by atoms with E-state index in [4.69, 9.17) is 0 Å². The van der Waals surface area contributed by atoms with E-state index >= 15 is 0 Å². The molecule has 5 nitrogen and oxygen atoms in total. The molecule has 29 heavy (non-hydrogen) atoms. The fourth-order valence-corrected chi connectivity index (χ4v) is 3.92. The second kappa shape index (κ2) is 12.2. The van der Waals surface area contributed by atoms with Crippen molar-refractivity contribution in [1.29, 1.82) is 0 Å². The van der Waals surface area contributed by atoms with E-state index in [1.54, 1.807) is 43.2 Å². The van der Waals surface area contributed by atoms with Gasteiger partial charge in [-0.05, 0) is 55.0 Å². The van der Waals surface area contributed by atoms with Crippen molar-refractivity contribution < 1.29 is 8.78 Å². The van der Waals surface area contributed by atoms with Gasteiger partial charge in [-0.15, -0.1) is 35.7 Å². The molecule has 2 heterocycles. The Hall–Kier alpha value is -1.62. The highest BCUT2D eigenvalue weighted by Crippen LogP contribution is 2.21. The Kier molecular flexibility index (Phi) is 9.92. The monoisotopic (exact) mass is 533 g/mol. The highest BCUT2D eigenvalue weighted by Gasteiger charge is 2.25. The molecular formula is C20H26F2IN5S. The SMILES string of the molecule is CN=C(NCCCSc1ccc(F)cc1)NC1CCN(c2ncccc2F)C1.I. The lowest BCUT2D eigenvalue weighted by molar-refractivity contribution is 0.612. The van der Waals surface area contributed by atoms with Gasteiger partial charge in [0.15, 0.2) is 17.6 Å². The van der Waals surface area contributed by atoms with Gasteiger partial charge >= 0.3 is 0 Å². The molecule has 0 spiro atoms. The smallest absolute Gasteiger partial charge is 0.191 e. The lowest BCUT2D eigenvalue weighted by Gasteiger charge is -2.20. The maximum Gasteiger partial charge on any atom is 0.191 e. The Bertz CT molecular complexity index is 791. The predicted octanol–water partition coefficient (Wildman–Crippen LogP) is 3.90. The number of hydrogen-bond acceptors (Lipinski definition) is 4. The lowest BCUT2D eigenvalue weighted by Crippen LogP contribution is -2.45. The number of thioether (sulfide) groups is 1. The molecule has 0 aliphatic carbocycles. The molecule has 9 heteroatoms. The number of aromatic nitrogens is 1. The first-order valence-corrected chi connectivity index (χ1v) is 10.4. The number of aliphatic imine (C=N–C) groups is 1. The summed E-state index contributed by atoms with van der Waals surface area (Å²) >= 11 is 1.70. The summed E-state index contributed by atoms with van der Waals surface area (Å²) in [6.07, 6.45) is 3.47. The minimum Gasteiger partial charge on any atom is -0.356 e. The normalized spacial score (nSPS) is 16.4. The zero-order valence-electron chi connectivity index (χ0n) is 16.3. The highest BCUT2D eigenvalue weighted by atomic mass is 127. The number of nitrogens with zero attached hydrogens (tertiary/aromatic N) is 3. The molecule has 1 aromatic heterocycles. The number of rotatable bonds is 7. The topological polar surface area (TPSA) is 52.6 Å². The Morgan fingerprint density at radius 3 is 2.79 bits per heavy atom. The standard InChI is InChI=1S/C20H25F2N5S.HI/c1-23-20(25-11-3-13-28-17-7-5-15(21)6-8-17)26-16-9-12-27(14-16)19-18(22)4-2-10-24-19;/h2,4-8,10,16H,3,9,11-14H2,1H3,(H2,23,25,26);1H. The molecule has 1 saturated heterocycles. The van der Waals surface area contributed by atoms with Crippen molar-refractivity contribution in [2.45, 2.75) is 23.8 Å². The van der Waals surface area contributed by atoms with E-state index in [0.29, 0.717) is 12.4 Å². The van der Waals surface area contributed by atoms with Crippen molar-refractivity contribution in [2.75, 3.05) is 37.3 Å². The molecule has 2 aromatic rings. The van der Waals surface area contributed by atoms with Crippen molar-refractivity contribution >= 4 is 47.5 Å². The molecule has 1 aliphatic heterocycles. The Morgan fingerprint density at radius 1 is 1.28 bits per heavy atom. The molecule has 1 unspecified atom stereocenters. The minimum atomic E-state index is -0.288. The molecule has 0 saturated carbocycles. The van der Waals surface area contributed by atoms with E-state index < -0.39 is 0 Å². The van der Waals surface area contributed by atoms with Gasteiger partial charge in [0.1, 0.15) is 5.82 Å². The number of guanidine groups is 1. The van der Waals surface area contributed by atoms with Gasteiger partial charge in [-0.25, -0.2) is 13.8 Å². The Labute approximate surface area is 191 Å². The van der Waals surface area contributed by atoms with Crippen molar-refractivity contribution in [3.8, 4) is 0 Å². The van der Waals surface area contributed by atoms with Crippen LogP contribution in [0, 0.1) is 11.6 Å². The minimum absolute atomic E-state index is 0. The van der Waals surface area contributed by atoms with Crippen LogP contribution in [0.15, 0.2) is 52.5 Å². The zero-order chi connectivity index (χ0) is 19.8. The molecule has 1 fully saturated rings. The molecule has 2 N–H and O–H groups in total. The van der Waals surface area contributed by atoms with Crippen LogP contribution in [-0.2, 0) is 0 Å². The molecule has 0 radical (unpaired) electrons. The summed E-state index contributed by atoms with van der Waals surface area (Å²) < 4.78 is 26.8. The van der Waals surface area contributed by atoms with Crippen molar-refractivity contribution in [2.24, 2.45) is 4.99 Å². The van der Waals surface area contributed by atoms with E-state index in [1.807, 2.05) is 4.90 Å². The maximum atomic E-state index is 13.9. The van der Waals surface area contributed by atoms with Crippen LogP contribution in [0.3, 0.4) is 0 Å². The summed E-state index contributed by atoms with van der Waals surface area (Å²) in [5.74, 6) is 1.60. The first-order valence-electron chi connectivity index (χ1n) is 9.36. The zero-order valence-corrected chi connectivity index (χ0v) is 19.4. The molecule has 1 atom stereocenters. The van der Waals surface area contributed by atoms with Gasteiger partial charge in [-0.3, -0.25) is 4.99 Å². The quantitative estimate of drug-likeness (QED) is 0.186. The van der Waals surface area contributed by atoms with Gasteiger partial charge in [0.25, 0.3) is 0 Å². The third-order valence-corrected chi connectivity index (χ3v) is 5.59. The van der Waals surface area contributed by atoms with E-state index in [1.165, 1.54) is 18.2 Å². The molecule has 0 bridgehead atoms. The number of benzene rings is 1. The summed E-state index contributed by atoms with van der Waals surface area (Å²) in [5, 5.41) is 6.71. The van der Waals surface area contributed by atoms with Crippen LogP contribution < -0.4 is 15.5 Å². The summed E-state index contributed by atoms with van der Waals surface area (Å²) in [7, 11) is 1.74. The predicted molar refractivity (Wildman–Crippen MR) is 126 cm³/mol. The third-order valence-electron chi connectivity index (χ3n) is 4.49. The second-order valence-electron chi connectivity index (χ2n) is 6.54. The van der Waals surface area contributed by atoms with Gasteiger partial charge in [-0.1, -0.05) is 0 Å². The van der Waals surface area contributed by atoms with Crippen LogP contribution in [0.4, 0.5) is 14.6 Å². The number of halogens is 3. The molecular weight excluding hydrogens is 507 g/mol. The summed E-state index contributed by atoms with van der Waals surface area (Å²) in [5.41, 5.74) is 0. The van der Waals surface area contributed by atoms with Gasteiger partial charge < -0.3 is 15.5 Å². The van der Waals surface area contributed by atoms with Crippen LogP contribution in [-0.4, -0.2) is 49.4 Å². The van der Waals surface area contributed by atoms with Crippen molar-refractivity contribution in [1.82, 2.24) is 15.6 Å². The van der Waals surface area contributed by atoms with E-state index in [0.717, 1.165) is 42.5 Å². The number of nitrogens with one attached hydrogen (secondary N) is 2. The first-order chi connectivity index (χ1) is 13.7. The average Bonchev–Trinajstić information content (AvgIpc) is 3.17. The van der Waals surface area contributed by atoms with Gasteiger partial charge in [-0.2, -0.15) is 0 Å². The fourth-order valence-electron chi connectivity index (χ4n) is 3.07. The fraction of sp³-hybridized carbons (Fsp3) is 0.400. The largest absolute Gasteiger partial charge is 0.356 e. The average molecular weight is 533 g/mol. The first kappa shape index (κ1) is 23.7. The molecule has 3 rings (SSSR count). The van der Waals surface area contributed by atoms with E-state index in [2.05, 4.69) is 20.6 Å². The summed E-state index contributed by atoms with van der Waals surface area (Å²) in [6.45, 7) is 2.24. The van der Waals surface area contributed by atoms with E-state index in [9.17, 15) is 8.78 Å². The van der Waals surface area contributed by atoms with Crippen LogP contribution in [0.5, 0.6) is 0 Å². The van der Waals surface area contributed by atoms with Crippen LogP contribution in [0.1, 0.15) is 12.8 Å². The Balaban J connectivity index is 0.00000300. The highest BCUT2D eigenvalue weighted by molar-refractivity contribution is 14.0. The number of anilines is 1. The molecule has 0 amide bonds. The van der Waals surface area contributed by atoms with Gasteiger partial charge in [0.05, 0.1) is 0 Å². The van der Waals surface area contributed by atoms with Crippen LogP contribution in [0.2, 0.25) is 0 Å². The maximum absolute atomic E-state index is 13.9. The van der Waals surface area contributed by atoms with Crippen LogP contribution in [0.25, 0.3) is 0 Å². The summed E-state index contributed by atoms with van der Waals surface area (Å²) in [6, 6.07) is 9.79. The number of pyridine rings is 1. The molecule has 1 aromatic carbocycles. The van der Waals surface area contributed by atoms with Crippen LogP contribution >= 0.6 is 35.7 Å². The number of hydrogen-bond donors (Lipinski definition) is 2. The van der Waals surface area contributed by atoms with E-state index in [-0.39, 0.29) is 41.7 Å². The van der Waals surface area contributed by atoms with Crippen molar-refractivity contribution in [3.05, 3.63) is 54.2 Å².